The van der Waals surface area contributed by atoms with E-state index in [9.17, 15) is 4.79 Å². The molecule has 0 aliphatic carbocycles. The van der Waals surface area contributed by atoms with E-state index in [0.29, 0.717) is 24.6 Å². The van der Waals surface area contributed by atoms with E-state index in [0.717, 1.165) is 11.4 Å². The highest BCUT2D eigenvalue weighted by Crippen LogP contribution is 2.13. The van der Waals surface area contributed by atoms with Crippen LogP contribution < -0.4 is 10.1 Å². The molecule has 23 heavy (non-hydrogen) atoms. The van der Waals surface area contributed by atoms with E-state index in [1.165, 1.54) is 12.2 Å². The maximum atomic E-state index is 11.9. The minimum Gasteiger partial charge on any atom is -0.478 e. The summed E-state index contributed by atoms with van der Waals surface area (Å²) in [6.07, 6.45) is 0. The first-order valence-corrected chi connectivity index (χ1v) is 7.39. The first kappa shape index (κ1) is 16.8. The predicted octanol–water partition coefficient (Wildman–Crippen LogP) is 2.73. The number of hydrogen-bond acceptors (Lipinski definition) is 5. The van der Waals surface area contributed by atoms with Crippen molar-refractivity contribution in [3.8, 4) is 5.88 Å². The zero-order valence-electron chi connectivity index (χ0n) is 13.6. The Hall–Kier alpha value is -2.60. The van der Waals surface area contributed by atoms with Crippen LogP contribution in [0.25, 0.3) is 0 Å². The normalized spacial score (nSPS) is 10.2. The summed E-state index contributed by atoms with van der Waals surface area (Å²) in [6.45, 7) is 3.10. The number of pyridine rings is 1. The number of hydrogen-bond donors (Lipinski definition) is 1. The Bertz CT molecular complexity index is 644. The van der Waals surface area contributed by atoms with Gasteiger partial charge < -0.3 is 10.1 Å². The van der Waals surface area contributed by atoms with Crippen molar-refractivity contribution in [2.75, 3.05) is 26.1 Å². The number of anilines is 1. The summed E-state index contributed by atoms with van der Waals surface area (Å²) >= 11 is 0. The molecule has 6 heteroatoms. The van der Waals surface area contributed by atoms with Crippen LogP contribution in [0.15, 0.2) is 42.5 Å². The van der Waals surface area contributed by atoms with Gasteiger partial charge in [-0.15, -0.1) is 0 Å². The fraction of sp³-hybridized carbons (Fsp3) is 0.294. The number of carbonyl (C=O) groups is 1. The number of benzene rings is 1. The summed E-state index contributed by atoms with van der Waals surface area (Å²) in [5.74, 6) is 0.431. The average Bonchev–Trinajstić information content (AvgIpc) is 2.60. The molecular formula is C17H21N3O3. The van der Waals surface area contributed by atoms with Crippen LogP contribution in [-0.4, -0.2) is 36.7 Å². The van der Waals surface area contributed by atoms with Crippen molar-refractivity contribution in [3.05, 3.63) is 53.7 Å². The number of nitrogens with zero attached hydrogens (tertiary/aromatic N) is 2. The van der Waals surface area contributed by atoms with Crippen LogP contribution in [0.5, 0.6) is 5.88 Å². The number of amides is 1. The molecule has 122 valence electrons. The molecule has 0 spiro atoms. The lowest BCUT2D eigenvalue weighted by Gasteiger charge is -2.14. The largest absolute Gasteiger partial charge is 0.478 e. The zero-order valence-corrected chi connectivity index (χ0v) is 13.6. The quantitative estimate of drug-likeness (QED) is 0.796. The standard InChI is InChI=1S/C17H21N3O3/c1-4-23-16-7-5-6-15(19-16)12-18-14-10-8-13(9-11-14)17(21)20(2)22-3/h5-11,18H,4,12H2,1-3H3. The van der Waals surface area contributed by atoms with Gasteiger partial charge in [-0.05, 0) is 37.3 Å². The number of carbonyl (C=O) groups excluding carboxylic acids is 1. The number of nitrogens with one attached hydrogen (secondary N) is 1. The molecule has 0 fully saturated rings. The van der Waals surface area contributed by atoms with Gasteiger partial charge in [0.1, 0.15) is 0 Å². The fourth-order valence-electron chi connectivity index (χ4n) is 1.97. The molecule has 1 N–H and O–H groups in total. The smallest absolute Gasteiger partial charge is 0.277 e. The van der Waals surface area contributed by atoms with E-state index in [-0.39, 0.29) is 5.91 Å². The minimum absolute atomic E-state index is 0.190. The molecule has 1 heterocycles. The van der Waals surface area contributed by atoms with Crippen LogP contribution in [-0.2, 0) is 11.4 Å². The molecule has 1 aromatic carbocycles. The average molecular weight is 315 g/mol. The van der Waals surface area contributed by atoms with Crippen molar-refractivity contribution in [1.82, 2.24) is 10.0 Å². The lowest BCUT2D eigenvalue weighted by atomic mass is 10.2. The molecule has 1 amide bonds. The second-order valence-corrected chi connectivity index (χ2v) is 4.82. The van der Waals surface area contributed by atoms with Crippen LogP contribution in [0, 0.1) is 0 Å². The van der Waals surface area contributed by atoms with Crippen molar-refractivity contribution in [1.29, 1.82) is 0 Å². The lowest BCUT2D eigenvalue weighted by molar-refractivity contribution is -0.0756. The Balaban J connectivity index is 1.96. The second-order valence-electron chi connectivity index (χ2n) is 4.82. The lowest BCUT2D eigenvalue weighted by Crippen LogP contribution is -2.25. The summed E-state index contributed by atoms with van der Waals surface area (Å²) in [5.41, 5.74) is 2.36. The minimum atomic E-state index is -0.190. The number of hydroxylamine groups is 2. The Morgan fingerprint density at radius 3 is 2.61 bits per heavy atom. The van der Waals surface area contributed by atoms with Crippen molar-refractivity contribution in [3.63, 3.8) is 0 Å². The van der Waals surface area contributed by atoms with E-state index < -0.39 is 0 Å². The summed E-state index contributed by atoms with van der Waals surface area (Å²) < 4.78 is 5.38. The third-order valence-electron chi connectivity index (χ3n) is 3.24. The highest BCUT2D eigenvalue weighted by atomic mass is 16.7. The van der Waals surface area contributed by atoms with Gasteiger partial charge in [0, 0.05) is 24.4 Å². The molecule has 0 saturated heterocycles. The van der Waals surface area contributed by atoms with Crippen molar-refractivity contribution in [2.45, 2.75) is 13.5 Å². The van der Waals surface area contributed by atoms with E-state index in [1.807, 2.05) is 37.3 Å². The SMILES string of the molecule is CCOc1cccc(CNc2ccc(C(=O)N(C)OC)cc2)n1. The second kappa shape index (κ2) is 8.14. The monoisotopic (exact) mass is 315 g/mol. The van der Waals surface area contributed by atoms with Gasteiger partial charge in [-0.3, -0.25) is 9.63 Å². The van der Waals surface area contributed by atoms with Gasteiger partial charge in [0.25, 0.3) is 5.91 Å². The maximum absolute atomic E-state index is 11.9. The Morgan fingerprint density at radius 1 is 1.22 bits per heavy atom. The fourth-order valence-corrected chi connectivity index (χ4v) is 1.97. The number of rotatable bonds is 7. The molecule has 6 nitrogen and oxygen atoms in total. The molecular weight excluding hydrogens is 294 g/mol. The predicted molar refractivity (Wildman–Crippen MR) is 88.3 cm³/mol. The molecule has 2 rings (SSSR count). The Morgan fingerprint density at radius 2 is 1.96 bits per heavy atom. The van der Waals surface area contributed by atoms with Crippen molar-refractivity contribution < 1.29 is 14.4 Å². The molecule has 0 saturated carbocycles. The molecule has 0 aliphatic rings. The van der Waals surface area contributed by atoms with Gasteiger partial charge in [0.2, 0.25) is 5.88 Å². The highest BCUT2D eigenvalue weighted by molar-refractivity contribution is 5.93. The van der Waals surface area contributed by atoms with E-state index in [2.05, 4.69) is 10.3 Å². The van der Waals surface area contributed by atoms with Gasteiger partial charge in [-0.2, -0.15) is 0 Å². The van der Waals surface area contributed by atoms with Gasteiger partial charge >= 0.3 is 0 Å². The van der Waals surface area contributed by atoms with Crippen LogP contribution in [0.1, 0.15) is 23.0 Å². The zero-order chi connectivity index (χ0) is 16.7. The van der Waals surface area contributed by atoms with Gasteiger partial charge in [-0.25, -0.2) is 10.0 Å². The molecule has 0 aliphatic heterocycles. The maximum Gasteiger partial charge on any atom is 0.277 e. The van der Waals surface area contributed by atoms with Crippen LogP contribution >= 0.6 is 0 Å². The first-order valence-electron chi connectivity index (χ1n) is 7.39. The van der Waals surface area contributed by atoms with Crippen LogP contribution in [0.2, 0.25) is 0 Å². The van der Waals surface area contributed by atoms with Crippen molar-refractivity contribution >= 4 is 11.6 Å². The first-order chi connectivity index (χ1) is 11.1. The van der Waals surface area contributed by atoms with Crippen LogP contribution in [0.3, 0.4) is 0 Å². The Labute approximate surface area is 136 Å². The third kappa shape index (κ3) is 4.69. The molecule has 0 unspecified atom stereocenters. The van der Waals surface area contributed by atoms with Gasteiger partial charge in [0.05, 0.1) is 26.0 Å². The number of aromatic nitrogens is 1. The van der Waals surface area contributed by atoms with E-state index >= 15 is 0 Å². The third-order valence-corrected chi connectivity index (χ3v) is 3.24. The molecule has 0 bridgehead atoms. The van der Waals surface area contributed by atoms with Gasteiger partial charge in [0.15, 0.2) is 0 Å². The van der Waals surface area contributed by atoms with Crippen molar-refractivity contribution in [2.24, 2.45) is 0 Å². The Kier molecular flexibility index (Phi) is 5.94. The van der Waals surface area contributed by atoms with E-state index in [1.54, 1.807) is 19.2 Å². The van der Waals surface area contributed by atoms with E-state index in [4.69, 9.17) is 9.57 Å². The van der Waals surface area contributed by atoms with Crippen LogP contribution in [0.4, 0.5) is 5.69 Å². The highest BCUT2D eigenvalue weighted by Gasteiger charge is 2.10. The topological polar surface area (TPSA) is 63.7 Å². The summed E-state index contributed by atoms with van der Waals surface area (Å²) in [5, 5.41) is 4.45. The summed E-state index contributed by atoms with van der Waals surface area (Å²) in [6, 6.07) is 12.9. The molecule has 0 atom stereocenters. The molecule has 2 aromatic rings. The van der Waals surface area contributed by atoms with Gasteiger partial charge in [-0.1, -0.05) is 6.07 Å². The summed E-state index contributed by atoms with van der Waals surface area (Å²) in [7, 11) is 3.03. The number of ether oxygens (including phenoxy) is 1. The molecule has 0 radical (unpaired) electrons. The summed E-state index contributed by atoms with van der Waals surface area (Å²) in [4.78, 5) is 21.2. The molecule has 1 aromatic heterocycles.